The van der Waals surface area contributed by atoms with Gasteiger partial charge in [0.2, 0.25) is 5.91 Å². The van der Waals surface area contributed by atoms with Gasteiger partial charge in [-0.05, 0) is 31.1 Å². The third-order valence-corrected chi connectivity index (χ3v) is 3.11. The Balaban J connectivity index is 3.68. The molecule has 0 aromatic carbocycles. The van der Waals surface area contributed by atoms with Gasteiger partial charge in [0.05, 0.1) is 0 Å². The van der Waals surface area contributed by atoms with Gasteiger partial charge in [0.1, 0.15) is 0 Å². The van der Waals surface area contributed by atoms with Crippen molar-refractivity contribution in [2.24, 2.45) is 5.41 Å². The summed E-state index contributed by atoms with van der Waals surface area (Å²) in [6.07, 6.45) is 9.65. The van der Waals surface area contributed by atoms with E-state index in [0.717, 1.165) is 25.7 Å². The zero-order valence-corrected chi connectivity index (χ0v) is 12.0. The van der Waals surface area contributed by atoms with Crippen molar-refractivity contribution in [1.29, 1.82) is 0 Å². The second kappa shape index (κ2) is 9.43. The Labute approximate surface area is 116 Å². The Hall–Kier alpha value is -1.50. The van der Waals surface area contributed by atoms with E-state index >= 15 is 0 Å². The number of amides is 1. The van der Waals surface area contributed by atoms with Gasteiger partial charge in [0.25, 0.3) is 0 Å². The number of rotatable bonds is 10. The van der Waals surface area contributed by atoms with Crippen molar-refractivity contribution in [2.75, 3.05) is 6.54 Å². The van der Waals surface area contributed by atoms with Crippen LogP contribution in [0.25, 0.3) is 0 Å². The van der Waals surface area contributed by atoms with Crippen molar-refractivity contribution in [3.05, 3.63) is 0 Å². The molecule has 4 nitrogen and oxygen atoms in total. The first-order valence-corrected chi connectivity index (χ1v) is 6.79. The third kappa shape index (κ3) is 11.3. The highest BCUT2D eigenvalue weighted by molar-refractivity contribution is 5.75. The van der Waals surface area contributed by atoms with Crippen LogP contribution in [-0.2, 0) is 9.59 Å². The maximum atomic E-state index is 11.5. The van der Waals surface area contributed by atoms with Gasteiger partial charge in [-0.1, -0.05) is 13.8 Å². The molecule has 0 bridgehead atoms. The molecule has 0 fully saturated rings. The summed E-state index contributed by atoms with van der Waals surface area (Å²) in [5, 5.41) is 11.5. The van der Waals surface area contributed by atoms with Crippen molar-refractivity contribution in [3.63, 3.8) is 0 Å². The van der Waals surface area contributed by atoms with E-state index in [1.807, 2.05) is 13.8 Å². The summed E-state index contributed by atoms with van der Waals surface area (Å²) in [4.78, 5) is 22.0. The number of carboxylic acids is 1. The van der Waals surface area contributed by atoms with Crippen LogP contribution < -0.4 is 5.32 Å². The third-order valence-electron chi connectivity index (χ3n) is 3.11. The lowest BCUT2D eigenvalue weighted by Gasteiger charge is -2.23. The first kappa shape index (κ1) is 17.5. The number of aliphatic carboxylic acids is 1. The maximum Gasteiger partial charge on any atom is 0.303 e. The van der Waals surface area contributed by atoms with E-state index in [1.54, 1.807) is 0 Å². The number of hydrogen-bond donors (Lipinski definition) is 2. The molecule has 0 radical (unpaired) electrons. The van der Waals surface area contributed by atoms with E-state index < -0.39 is 5.97 Å². The molecule has 0 saturated heterocycles. The van der Waals surface area contributed by atoms with Crippen LogP contribution in [0.3, 0.4) is 0 Å². The molecule has 0 rings (SSSR count). The monoisotopic (exact) mass is 267 g/mol. The van der Waals surface area contributed by atoms with Crippen molar-refractivity contribution < 1.29 is 14.7 Å². The Bertz CT molecular complexity index is 329. The topological polar surface area (TPSA) is 66.4 Å². The van der Waals surface area contributed by atoms with Gasteiger partial charge < -0.3 is 10.4 Å². The summed E-state index contributed by atoms with van der Waals surface area (Å²) < 4.78 is 0. The number of nitrogens with one attached hydrogen (secondary N) is 1. The number of carbonyl (C=O) groups is 2. The molecule has 0 saturated carbocycles. The lowest BCUT2D eigenvalue weighted by molar-refractivity contribution is -0.137. The van der Waals surface area contributed by atoms with Gasteiger partial charge >= 0.3 is 5.97 Å². The molecule has 0 unspecified atom stereocenters. The smallest absolute Gasteiger partial charge is 0.303 e. The van der Waals surface area contributed by atoms with Gasteiger partial charge in [0.15, 0.2) is 0 Å². The molecule has 0 atom stereocenters. The van der Waals surface area contributed by atoms with E-state index in [9.17, 15) is 9.59 Å². The Morgan fingerprint density at radius 3 is 2.47 bits per heavy atom. The number of carbonyl (C=O) groups excluding carboxylic acids is 1. The average Bonchev–Trinajstić information content (AvgIpc) is 2.32. The number of unbranched alkanes of at least 4 members (excludes halogenated alkanes) is 2. The summed E-state index contributed by atoms with van der Waals surface area (Å²) in [5.74, 6) is 1.82. The first-order chi connectivity index (χ1) is 8.87. The number of hydrogen-bond acceptors (Lipinski definition) is 2. The Morgan fingerprint density at radius 2 is 1.89 bits per heavy atom. The molecule has 4 heteroatoms. The van der Waals surface area contributed by atoms with Gasteiger partial charge in [-0.25, -0.2) is 0 Å². The van der Waals surface area contributed by atoms with E-state index in [4.69, 9.17) is 11.5 Å². The van der Waals surface area contributed by atoms with E-state index in [1.165, 1.54) is 0 Å². The minimum atomic E-state index is -0.773. The first-order valence-electron chi connectivity index (χ1n) is 6.79. The van der Waals surface area contributed by atoms with E-state index in [0.29, 0.717) is 19.4 Å². The molecule has 1 amide bonds. The quantitative estimate of drug-likeness (QED) is 0.472. The van der Waals surface area contributed by atoms with Crippen LogP contribution >= 0.6 is 0 Å². The predicted octanol–water partition coefficient (Wildman–Crippen LogP) is 2.58. The average molecular weight is 267 g/mol. The normalized spacial score (nSPS) is 10.8. The van der Waals surface area contributed by atoms with Crippen LogP contribution in [0.15, 0.2) is 0 Å². The van der Waals surface area contributed by atoms with Crippen LogP contribution in [0.4, 0.5) is 0 Å². The zero-order valence-electron chi connectivity index (χ0n) is 12.0. The molecule has 0 aromatic heterocycles. The van der Waals surface area contributed by atoms with Crippen molar-refractivity contribution in [2.45, 2.75) is 58.8 Å². The molecular weight excluding hydrogens is 242 g/mol. The van der Waals surface area contributed by atoms with Crippen molar-refractivity contribution >= 4 is 11.9 Å². The van der Waals surface area contributed by atoms with Gasteiger partial charge in [-0.15, -0.1) is 12.3 Å². The van der Waals surface area contributed by atoms with Crippen molar-refractivity contribution in [1.82, 2.24) is 5.32 Å². The zero-order chi connectivity index (χ0) is 14.7. The van der Waals surface area contributed by atoms with E-state index in [-0.39, 0.29) is 17.7 Å². The SMILES string of the molecule is C#CCCCCC(=O)NCCC(C)(C)CCC(=O)O. The molecule has 19 heavy (non-hydrogen) atoms. The highest BCUT2D eigenvalue weighted by Gasteiger charge is 2.19. The fraction of sp³-hybridized carbons (Fsp3) is 0.733. The second-order valence-corrected chi connectivity index (χ2v) is 5.57. The Morgan fingerprint density at radius 1 is 1.21 bits per heavy atom. The summed E-state index contributed by atoms with van der Waals surface area (Å²) in [6.45, 7) is 4.64. The molecular formula is C15H25NO3. The summed E-state index contributed by atoms with van der Waals surface area (Å²) >= 11 is 0. The van der Waals surface area contributed by atoms with Crippen LogP contribution in [0.1, 0.15) is 58.8 Å². The predicted molar refractivity (Wildman–Crippen MR) is 75.6 cm³/mol. The maximum absolute atomic E-state index is 11.5. The van der Waals surface area contributed by atoms with Gasteiger partial charge in [-0.3, -0.25) is 9.59 Å². The highest BCUT2D eigenvalue weighted by Crippen LogP contribution is 2.25. The van der Waals surface area contributed by atoms with E-state index in [2.05, 4.69) is 11.2 Å². The largest absolute Gasteiger partial charge is 0.481 e. The molecule has 0 aliphatic carbocycles. The molecule has 0 spiro atoms. The molecule has 2 N–H and O–H groups in total. The van der Waals surface area contributed by atoms with Gasteiger partial charge in [-0.2, -0.15) is 0 Å². The summed E-state index contributed by atoms with van der Waals surface area (Å²) in [7, 11) is 0. The standard InChI is InChI=1S/C15H25NO3/c1-4-5-6-7-8-13(17)16-12-11-15(2,3)10-9-14(18)19/h1H,5-12H2,2-3H3,(H,16,17)(H,18,19). The number of terminal acetylenes is 1. The fourth-order valence-corrected chi connectivity index (χ4v) is 1.71. The lowest BCUT2D eigenvalue weighted by atomic mass is 9.84. The minimum absolute atomic E-state index is 0.0473. The van der Waals surface area contributed by atoms with Crippen molar-refractivity contribution in [3.8, 4) is 12.3 Å². The molecule has 108 valence electrons. The molecule has 0 aliphatic rings. The Kier molecular flexibility index (Phi) is 8.69. The molecule has 0 aromatic rings. The van der Waals surface area contributed by atoms with Crippen LogP contribution in [0.2, 0.25) is 0 Å². The molecule has 0 heterocycles. The van der Waals surface area contributed by atoms with Crippen LogP contribution in [-0.4, -0.2) is 23.5 Å². The lowest BCUT2D eigenvalue weighted by Crippen LogP contribution is -2.28. The summed E-state index contributed by atoms with van der Waals surface area (Å²) in [5.41, 5.74) is -0.0604. The molecule has 0 aliphatic heterocycles. The second-order valence-electron chi connectivity index (χ2n) is 5.57. The highest BCUT2D eigenvalue weighted by atomic mass is 16.4. The van der Waals surface area contributed by atoms with Crippen LogP contribution in [0, 0.1) is 17.8 Å². The fourth-order valence-electron chi connectivity index (χ4n) is 1.71. The van der Waals surface area contributed by atoms with Gasteiger partial charge in [0, 0.05) is 25.8 Å². The minimum Gasteiger partial charge on any atom is -0.481 e. The summed E-state index contributed by atoms with van der Waals surface area (Å²) in [6, 6.07) is 0. The number of carboxylic acid groups (broad SMARTS) is 1. The van der Waals surface area contributed by atoms with Crippen LogP contribution in [0.5, 0.6) is 0 Å².